The summed E-state index contributed by atoms with van der Waals surface area (Å²) >= 11 is 0. The number of aromatic hydroxyl groups is 1. The first-order valence-corrected chi connectivity index (χ1v) is 23.0. The fourth-order valence-corrected chi connectivity index (χ4v) is 8.91. The number of pyridine rings is 1. The van der Waals surface area contributed by atoms with Crippen molar-refractivity contribution in [1.82, 2.24) is 14.5 Å². The number of nitrogens with zero attached hydrogens (tertiary/aromatic N) is 3. The topological polar surface area (TPSA) is 50.9 Å². The second-order valence-electron chi connectivity index (χ2n) is 19.7. The van der Waals surface area contributed by atoms with Gasteiger partial charge in [-0.2, -0.15) is 0 Å². The quantitative estimate of drug-likeness (QED) is 0.149. The summed E-state index contributed by atoms with van der Waals surface area (Å²) in [6.07, 6.45) is 1.91. The molecule has 1 N–H and O–H groups in total. The lowest BCUT2D eigenvalue weighted by molar-refractivity contribution is 0.225. The van der Waals surface area contributed by atoms with Crippen LogP contribution >= 0.6 is 0 Å². The molecule has 7 aromatic carbocycles. The third-order valence-electron chi connectivity index (χ3n) is 13.8. The van der Waals surface area contributed by atoms with E-state index in [1.807, 2.05) is 12.3 Å². The monoisotopic (exact) mass is 849 g/mol. The Morgan fingerprint density at radius 2 is 1.11 bits per heavy atom. The van der Waals surface area contributed by atoms with Crippen LogP contribution in [0, 0.1) is 5.41 Å². The normalized spacial score (nSPS) is 12.1. The van der Waals surface area contributed by atoms with E-state index in [2.05, 4.69) is 231 Å². The molecule has 2 aromatic heterocycles. The van der Waals surface area contributed by atoms with Gasteiger partial charge in [-0.15, -0.1) is 0 Å². The minimum Gasteiger partial charge on any atom is -0.507 e. The zero-order chi connectivity index (χ0) is 45.6. The summed E-state index contributed by atoms with van der Waals surface area (Å²) in [6.45, 7) is 20.4. The summed E-state index contributed by atoms with van der Waals surface area (Å²) in [5.41, 5.74) is 17.4. The molecule has 0 saturated heterocycles. The van der Waals surface area contributed by atoms with E-state index in [1.165, 1.54) is 5.56 Å². The van der Waals surface area contributed by atoms with Gasteiger partial charge in [0.25, 0.3) is 0 Å². The minimum absolute atomic E-state index is 0.00604. The number of hydrogen-bond donors (Lipinski definition) is 1. The van der Waals surface area contributed by atoms with E-state index >= 15 is 0 Å². The number of aromatic nitrogens is 3. The largest absolute Gasteiger partial charge is 0.507 e. The molecule has 0 saturated carbocycles. The molecule has 0 fully saturated rings. The lowest BCUT2D eigenvalue weighted by Crippen LogP contribution is -2.34. The molecule has 4 nitrogen and oxygen atoms in total. The van der Waals surface area contributed by atoms with Gasteiger partial charge in [0, 0.05) is 22.9 Å². The molecular weight excluding hydrogens is 791 g/mol. The number of phenolic OH excluding ortho intramolecular Hbond substituents is 1. The van der Waals surface area contributed by atoms with E-state index in [0.29, 0.717) is 5.82 Å². The maximum atomic E-state index is 12.4. The van der Waals surface area contributed by atoms with E-state index in [4.69, 9.17) is 9.97 Å². The summed E-state index contributed by atoms with van der Waals surface area (Å²) in [5.74, 6) is 1.32. The van der Waals surface area contributed by atoms with Crippen LogP contribution in [0.3, 0.4) is 0 Å². The van der Waals surface area contributed by atoms with Crippen LogP contribution in [0.5, 0.6) is 5.75 Å². The van der Waals surface area contributed by atoms with Crippen LogP contribution in [0.1, 0.15) is 90.8 Å². The van der Waals surface area contributed by atoms with Crippen LogP contribution in [0.25, 0.3) is 83.9 Å². The number of fused-ring (bicyclic) bond motifs is 1. The Morgan fingerprint density at radius 3 is 1.74 bits per heavy atom. The van der Waals surface area contributed by atoms with Gasteiger partial charge < -0.3 is 5.11 Å². The molecule has 0 amide bonds. The van der Waals surface area contributed by atoms with Crippen LogP contribution in [-0.4, -0.2) is 19.6 Å². The van der Waals surface area contributed by atoms with Crippen LogP contribution in [0.15, 0.2) is 176 Å². The van der Waals surface area contributed by atoms with E-state index in [0.717, 1.165) is 89.2 Å². The van der Waals surface area contributed by atoms with Crippen LogP contribution in [-0.2, 0) is 5.41 Å². The zero-order valence-electron chi connectivity index (χ0n) is 39.2. The van der Waals surface area contributed by atoms with Gasteiger partial charge in [0.15, 0.2) is 0 Å². The summed E-state index contributed by atoms with van der Waals surface area (Å²) in [4.78, 5) is 10.6. The van der Waals surface area contributed by atoms with Crippen LogP contribution in [0.2, 0.25) is 0 Å². The number of benzene rings is 7. The van der Waals surface area contributed by atoms with Gasteiger partial charge in [-0.05, 0) is 127 Å². The molecular formula is C61H59N3O. The third-order valence-corrected chi connectivity index (χ3v) is 13.8. The predicted molar refractivity (Wildman–Crippen MR) is 274 cm³/mol. The van der Waals surface area contributed by atoms with Gasteiger partial charge in [0.2, 0.25) is 0 Å². The highest BCUT2D eigenvalue weighted by Crippen LogP contribution is 2.47. The van der Waals surface area contributed by atoms with E-state index in [1.54, 1.807) is 0 Å². The molecule has 0 atom stereocenters. The number of phenols is 1. The summed E-state index contributed by atoms with van der Waals surface area (Å²) in [5, 5.41) is 12.4. The number of hydrogen-bond acceptors (Lipinski definition) is 3. The Morgan fingerprint density at radius 1 is 0.492 bits per heavy atom. The van der Waals surface area contributed by atoms with E-state index in [-0.39, 0.29) is 28.4 Å². The Kier molecular flexibility index (Phi) is 11.4. The average molecular weight is 850 g/mol. The van der Waals surface area contributed by atoms with Crippen molar-refractivity contribution in [3.63, 3.8) is 0 Å². The first kappa shape index (κ1) is 43.2. The van der Waals surface area contributed by atoms with Crippen molar-refractivity contribution in [3.8, 4) is 78.6 Å². The molecule has 0 unspecified atom stereocenters. The van der Waals surface area contributed by atoms with Crippen molar-refractivity contribution in [2.75, 3.05) is 0 Å². The van der Waals surface area contributed by atoms with Gasteiger partial charge in [-0.25, -0.2) is 4.98 Å². The molecule has 0 radical (unpaired) electrons. The van der Waals surface area contributed by atoms with Crippen molar-refractivity contribution in [2.45, 2.75) is 79.6 Å². The van der Waals surface area contributed by atoms with Gasteiger partial charge in [-0.3, -0.25) is 9.55 Å². The highest BCUT2D eigenvalue weighted by Gasteiger charge is 2.35. The zero-order valence-corrected chi connectivity index (χ0v) is 39.2. The highest BCUT2D eigenvalue weighted by molar-refractivity contribution is 5.98. The molecule has 65 heavy (non-hydrogen) atoms. The standard InChI is InChI=1S/C61H59N3O/c1-39(2)45-35-51(40(3)4)58(65)53(36-45)59-63-57-50(26-19-27-56(57)64(59)55-29-28-49(61(8,9)60(5,6)7)38-52(55)43-24-17-12-18-25-43)47-32-46(42-22-15-11-16-23-42)33-48(34-47)54-37-44(30-31-62-54)41-20-13-10-14-21-41/h10-40,65H,1-9H3. The van der Waals surface area contributed by atoms with Crippen molar-refractivity contribution in [3.05, 3.63) is 193 Å². The molecule has 4 heteroatoms. The summed E-state index contributed by atoms with van der Waals surface area (Å²) in [6, 6.07) is 60.5. The molecule has 0 aliphatic carbocycles. The summed E-state index contributed by atoms with van der Waals surface area (Å²) < 4.78 is 2.30. The number of imidazole rings is 1. The molecule has 0 spiro atoms. The SMILES string of the molecule is CC(C)c1cc(-c2nc3c(-c4cc(-c5ccccc5)cc(-c5cc(-c6ccccc6)ccn5)c4)cccc3n2-c2ccc(C(C)(C)C(C)(C)C)cc2-c2ccccc2)c(O)c(C(C)C)c1. The van der Waals surface area contributed by atoms with Crippen molar-refractivity contribution in [2.24, 2.45) is 5.41 Å². The molecule has 2 heterocycles. The molecule has 324 valence electrons. The van der Waals surface area contributed by atoms with Crippen molar-refractivity contribution < 1.29 is 5.11 Å². The van der Waals surface area contributed by atoms with Crippen LogP contribution in [0.4, 0.5) is 0 Å². The maximum absolute atomic E-state index is 12.4. The highest BCUT2D eigenvalue weighted by atomic mass is 16.3. The summed E-state index contributed by atoms with van der Waals surface area (Å²) in [7, 11) is 0. The Balaban J connectivity index is 1.36. The Bertz CT molecular complexity index is 3150. The van der Waals surface area contributed by atoms with Crippen molar-refractivity contribution in [1.29, 1.82) is 0 Å². The van der Waals surface area contributed by atoms with E-state index < -0.39 is 0 Å². The third kappa shape index (κ3) is 8.19. The molecule has 0 aliphatic rings. The van der Waals surface area contributed by atoms with Gasteiger partial charge in [0.05, 0.1) is 28.0 Å². The molecule has 0 bridgehead atoms. The van der Waals surface area contributed by atoms with Crippen molar-refractivity contribution >= 4 is 11.0 Å². The minimum atomic E-state index is -0.130. The Hall–Kier alpha value is -7.04. The molecule has 0 aliphatic heterocycles. The van der Waals surface area contributed by atoms with Crippen LogP contribution < -0.4 is 0 Å². The van der Waals surface area contributed by atoms with E-state index in [9.17, 15) is 5.11 Å². The second kappa shape index (κ2) is 17.2. The Labute approximate surface area is 385 Å². The molecule has 9 aromatic rings. The maximum Gasteiger partial charge on any atom is 0.149 e. The lowest BCUT2D eigenvalue weighted by Gasteiger charge is -2.40. The number of rotatable bonds is 10. The van der Waals surface area contributed by atoms with Gasteiger partial charge in [0.1, 0.15) is 11.6 Å². The predicted octanol–water partition coefficient (Wildman–Crippen LogP) is 16.7. The van der Waals surface area contributed by atoms with Gasteiger partial charge in [-0.1, -0.05) is 178 Å². The second-order valence-corrected chi connectivity index (χ2v) is 19.7. The average Bonchev–Trinajstić information content (AvgIpc) is 3.71. The first-order chi connectivity index (χ1) is 31.2. The first-order valence-electron chi connectivity index (χ1n) is 23.0. The fraction of sp³-hybridized carbons (Fsp3) is 0.213. The number of para-hydroxylation sites is 1. The lowest BCUT2D eigenvalue weighted by atomic mass is 9.65. The fourth-order valence-electron chi connectivity index (χ4n) is 8.91. The smallest absolute Gasteiger partial charge is 0.149 e. The molecule has 9 rings (SSSR count). The van der Waals surface area contributed by atoms with Gasteiger partial charge >= 0.3 is 0 Å².